The van der Waals surface area contributed by atoms with Gasteiger partial charge in [0.15, 0.2) is 0 Å². The van der Waals surface area contributed by atoms with E-state index < -0.39 is 50.3 Å². The Kier molecular flexibility index (Phi) is 13.3. The van der Waals surface area contributed by atoms with E-state index in [2.05, 4.69) is 0 Å². The standard InChI is InChI=1S/C30H34N2O6Se.BrH/c1-21(33)37-28-27(36-19-24-15-9-4-10-16-24)26(35-18-23-13-7-3-8-14-23)25(38-29(28)39-30(31)32)20-34-17-22-11-5-2-6-12-22;/h2-16,25-29H,17-20H2,1H3,(H3,31,32);1H/t25-,26-,27+,28+,29+;/m1./s1. The maximum absolute atomic E-state index is 12.2. The molecule has 3 aromatic carbocycles. The average Bonchev–Trinajstić information content (AvgIpc) is 2.94. The minimum Gasteiger partial charge on any atom is -1.00 e. The third kappa shape index (κ3) is 9.82. The van der Waals surface area contributed by atoms with E-state index in [9.17, 15) is 4.79 Å². The van der Waals surface area contributed by atoms with E-state index in [1.807, 2.05) is 91.0 Å². The summed E-state index contributed by atoms with van der Waals surface area (Å²) in [7, 11) is 0. The molecule has 5 atom stereocenters. The fourth-order valence-electron chi connectivity index (χ4n) is 4.35. The maximum Gasteiger partial charge on any atom is -1.00 e. The van der Waals surface area contributed by atoms with Crippen LogP contribution in [0.25, 0.3) is 0 Å². The van der Waals surface area contributed by atoms with Crippen molar-refractivity contribution >= 4 is 25.7 Å². The number of hydrogen-bond acceptors (Lipinski definition) is 6. The summed E-state index contributed by atoms with van der Waals surface area (Å²) in [4.78, 5) is 12.2. The first kappa shape index (κ1) is 32.0. The maximum atomic E-state index is 12.2. The third-order valence-electron chi connectivity index (χ3n) is 6.11. The second-order valence-corrected chi connectivity index (χ2v) is 11.6. The van der Waals surface area contributed by atoms with Crippen LogP contribution in [0.5, 0.6) is 0 Å². The van der Waals surface area contributed by atoms with Crippen LogP contribution < -0.4 is 28.1 Å². The Morgan fingerprint density at radius 3 is 1.75 bits per heavy atom. The predicted octanol–water partition coefficient (Wildman–Crippen LogP) is -1.19. The summed E-state index contributed by atoms with van der Waals surface area (Å²) in [5, 5.41) is 5.34. The Morgan fingerprint density at radius 1 is 0.800 bits per heavy atom. The van der Waals surface area contributed by atoms with Crippen molar-refractivity contribution in [1.82, 2.24) is 0 Å². The van der Waals surface area contributed by atoms with E-state index in [1.165, 1.54) is 6.92 Å². The van der Waals surface area contributed by atoms with Gasteiger partial charge >= 0.3 is 236 Å². The second-order valence-electron chi connectivity index (χ2n) is 9.16. The van der Waals surface area contributed by atoms with Crippen molar-refractivity contribution < 1.29 is 50.9 Å². The Morgan fingerprint density at radius 2 is 1.27 bits per heavy atom. The second kappa shape index (κ2) is 16.6. The summed E-state index contributed by atoms with van der Waals surface area (Å²) >= 11 is -0.490. The number of amidine groups is 1. The minimum absolute atomic E-state index is 0. The monoisotopic (exact) mass is 678 g/mol. The fourth-order valence-corrected chi connectivity index (χ4v) is 6.05. The van der Waals surface area contributed by atoms with Crippen LogP contribution in [0.15, 0.2) is 91.0 Å². The average molecular weight is 678 g/mol. The number of halogens is 1. The summed E-state index contributed by atoms with van der Waals surface area (Å²) in [6.07, 6.45) is -2.53. The molecule has 0 amide bonds. The molecule has 0 radical (unpaired) electrons. The van der Waals surface area contributed by atoms with Crippen LogP contribution in [0.3, 0.4) is 0 Å². The third-order valence-corrected chi connectivity index (χ3v) is 7.96. The van der Waals surface area contributed by atoms with Crippen LogP contribution in [0.2, 0.25) is 0 Å². The van der Waals surface area contributed by atoms with Gasteiger partial charge in [-0.3, -0.25) is 0 Å². The molecule has 0 saturated carbocycles. The first-order chi connectivity index (χ1) is 19.0. The number of benzene rings is 3. The molecule has 1 fully saturated rings. The normalized spacial score (nSPS) is 22.2. The summed E-state index contributed by atoms with van der Waals surface area (Å²) in [5.41, 5.74) is 8.94. The smallest absolute Gasteiger partial charge is 1.00 e. The quantitative estimate of drug-likeness (QED) is 0.101. The van der Waals surface area contributed by atoms with Crippen molar-refractivity contribution in [1.29, 1.82) is 0 Å². The van der Waals surface area contributed by atoms with Crippen molar-refractivity contribution in [3.8, 4) is 0 Å². The van der Waals surface area contributed by atoms with Gasteiger partial charge in [0.05, 0.1) is 0 Å². The molecule has 4 rings (SSSR count). The van der Waals surface area contributed by atoms with E-state index >= 15 is 0 Å². The Hall–Kier alpha value is -2.56. The van der Waals surface area contributed by atoms with Crippen molar-refractivity contribution in [3.63, 3.8) is 0 Å². The molecule has 0 aliphatic carbocycles. The molecule has 0 spiro atoms. The van der Waals surface area contributed by atoms with Gasteiger partial charge in [-0.15, -0.1) is 0 Å². The summed E-state index contributed by atoms with van der Waals surface area (Å²) in [5.74, 6) is -0.450. The zero-order valence-corrected chi connectivity index (χ0v) is 25.6. The molecule has 1 aliphatic rings. The number of hydrogen-bond donors (Lipinski definition) is 2. The largest absolute Gasteiger partial charge is 1.00 e. The molecule has 1 saturated heterocycles. The summed E-state index contributed by atoms with van der Waals surface area (Å²) in [6, 6.07) is 29.6. The van der Waals surface area contributed by atoms with Gasteiger partial charge in [0.2, 0.25) is 0 Å². The van der Waals surface area contributed by atoms with Crippen molar-refractivity contribution in [2.45, 2.75) is 56.2 Å². The van der Waals surface area contributed by atoms with Gasteiger partial charge in [-0.2, -0.15) is 0 Å². The SMILES string of the molecule is CC(=O)O[C@H]1[C@@H](OCc2ccccc2)[C@H](OCc2ccccc2)[C@@H](COCc2ccccc2)O[C@H]1[Se]C(N)=[NH2+].[Br-]. The van der Waals surface area contributed by atoms with E-state index in [0.717, 1.165) is 16.7 Å². The van der Waals surface area contributed by atoms with E-state index in [-0.39, 0.29) is 28.3 Å². The molecule has 0 aromatic heterocycles. The van der Waals surface area contributed by atoms with Crippen LogP contribution in [-0.4, -0.2) is 61.7 Å². The molecule has 0 unspecified atom stereocenters. The molecule has 214 valence electrons. The first-order valence-corrected chi connectivity index (χ1v) is 14.6. The van der Waals surface area contributed by atoms with Crippen LogP contribution >= 0.6 is 0 Å². The van der Waals surface area contributed by atoms with Crippen LogP contribution in [0.1, 0.15) is 23.6 Å². The first-order valence-electron chi connectivity index (χ1n) is 12.8. The van der Waals surface area contributed by atoms with Crippen molar-refractivity contribution in [2.75, 3.05) is 6.61 Å². The van der Waals surface area contributed by atoms with Gasteiger partial charge in [0.25, 0.3) is 0 Å². The molecular formula is C30H35BrN2O6Se. The molecule has 0 bridgehead atoms. The summed E-state index contributed by atoms with van der Waals surface area (Å²) < 4.78 is 31.5. The van der Waals surface area contributed by atoms with Crippen LogP contribution in [-0.2, 0) is 48.3 Å². The Balaban J connectivity index is 0.00000441. The number of carbonyl (C=O) groups is 1. The van der Waals surface area contributed by atoms with Gasteiger partial charge in [-0.1, -0.05) is 0 Å². The zero-order chi connectivity index (χ0) is 27.5. The molecule has 1 aliphatic heterocycles. The number of rotatable bonds is 13. The van der Waals surface area contributed by atoms with Gasteiger partial charge in [0, 0.05) is 0 Å². The molecule has 10 heteroatoms. The fraction of sp³-hybridized carbons (Fsp3) is 0.333. The number of esters is 1. The van der Waals surface area contributed by atoms with Gasteiger partial charge < -0.3 is 17.0 Å². The summed E-state index contributed by atoms with van der Waals surface area (Å²) in [6.45, 7) is 2.64. The zero-order valence-electron chi connectivity index (χ0n) is 22.3. The number of ether oxygens (including phenoxy) is 5. The minimum atomic E-state index is -0.764. The Labute approximate surface area is 251 Å². The number of nitrogens with two attached hydrogens (primary N) is 2. The van der Waals surface area contributed by atoms with Crippen molar-refractivity contribution in [2.24, 2.45) is 5.73 Å². The topological polar surface area (TPSA) is 115 Å². The van der Waals surface area contributed by atoms with Crippen molar-refractivity contribution in [3.05, 3.63) is 108 Å². The van der Waals surface area contributed by atoms with E-state index in [4.69, 9.17) is 34.8 Å². The molecule has 4 N–H and O–H groups in total. The molecule has 40 heavy (non-hydrogen) atoms. The van der Waals surface area contributed by atoms with Gasteiger partial charge in [-0.05, 0) is 0 Å². The van der Waals surface area contributed by atoms with E-state index in [1.54, 1.807) is 0 Å². The van der Waals surface area contributed by atoms with Crippen LogP contribution in [0.4, 0.5) is 0 Å². The number of carbonyl (C=O) groups excluding carboxylic acids is 1. The molecule has 3 aromatic rings. The predicted molar refractivity (Wildman–Crippen MR) is 147 cm³/mol. The van der Waals surface area contributed by atoms with E-state index in [0.29, 0.717) is 19.8 Å². The molecular weight excluding hydrogens is 643 g/mol. The Bertz CT molecular complexity index is 1170. The van der Waals surface area contributed by atoms with Gasteiger partial charge in [-0.25, -0.2) is 0 Å². The molecule has 1 heterocycles. The molecule has 8 nitrogen and oxygen atoms in total. The van der Waals surface area contributed by atoms with Gasteiger partial charge in [0.1, 0.15) is 0 Å². The van der Waals surface area contributed by atoms with Crippen LogP contribution in [0, 0.1) is 0 Å².